The highest BCUT2D eigenvalue weighted by atomic mass is 16.5. The molecule has 0 spiro atoms. The molecule has 6 nitrogen and oxygen atoms in total. The minimum Gasteiger partial charge on any atom is -0.497 e. The molecule has 0 unspecified atom stereocenters. The number of methoxy groups -OCH3 is 1. The summed E-state index contributed by atoms with van der Waals surface area (Å²) in [6.07, 6.45) is 4.26. The van der Waals surface area contributed by atoms with Crippen LogP contribution in [-0.4, -0.2) is 49.5 Å². The Hall–Kier alpha value is -2.24. The van der Waals surface area contributed by atoms with Gasteiger partial charge in [0, 0.05) is 38.2 Å². The van der Waals surface area contributed by atoms with Crippen molar-refractivity contribution in [2.45, 2.75) is 37.6 Å². The summed E-state index contributed by atoms with van der Waals surface area (Å²) < 4.78 is 5.19. The van der Waals surface area contributed by atoms with Crippen molar-refractivity contribution < 1.29 is 14.3 Å². The molecule has 0 radical (unpaired) electrons. The third-order valence-corrected chi connectivity index (χ3v) is 5.34. The molecule has 2 N–H and O–H groups in total. The van der Waals surface area contributed by atoms with Gasteiger partial charge in [0.2, 0.25) is 11.8 Å². The summed E-state index contributed by atoms with van der Waals surface area (Å²) >= 11 is 0. The lowest BCUT2D eigenvalue weighted by molar-refractivity contribution is -0.127. The largest absolute Gasteiger partial charge is 0.497 e. The molecule has 1 heterocycles. The molecule has 2 fully saturated rings. The zero-order chi connectivity index (χ0) is 17.9. The van der Waals surface area contributed by atoms with Gasteiger partial charge in [-0.05, 0) is 37.1 Å². The molecule has 1 aliphatic heterocycles. The van der Waals surface area contributed by atoms with Crippen molar-refractivity contribution in [2.75, 3.05) is 32.6 Å². The Morgan fingerprint density at radius 3 is 2.52 bits per heavy atom. The molecule has 0 bridgehead atoms. The first-order chi connectivity index (χ1) is 12.0. The second-order valence-electron chi connectivity index (χ2n) is 7.20. The fourth-order valence-electron chi connectivity index (χ4n) is 3.84. The van der Waals surface area contributed by atoms with Gasteiger partial charge in [0.15, 0.2) is 0 Å². The van der Waals surface area contributed by atoms with Crippen LogP contribution in [0.4, 0.5) is 5.69 Å². The number of nitrogens with zero attached hydrogens (tertiary/aromatic N) is 1. The smallest absolute Gasteiger partial charge is 0.245 e. The van der Waals surface area contributed by atoms with Crippen LogP contribution in [0.25, 0.3) is 0 Å². The summed E-state index contributed by atoms with van der Waals surface area (Å²) in [5.41, 5.74) is 0.372. The van der Waals surface area contributed by atoms with Gasteiger partial charge >= 0.3 is 0 Å². The van der Waals surface area contributed by atoms with E-state index < -0.39 is 5.54 Å². The second kappa shape index (κ2) is 7.33. The molecule has 1 saturated heterocycles. The Balaban J connectivity index is 1.62. The van der Waals surface area contributed by atoms with Gasteiger partial charge in [-0.2, -0.15) is 0 Å². The fourth-order valence-corrected chi connectivity index (χ4v) is 3.84. The predicted octanol–water partition coefficient (Wildman–Crippen LogP) is 2.01. The van der Waals surface area contributed by atoms with E-state index in [1.807, 2.05) is 31.3 Å². The molecular weight excluding hydrogens is 318 g/mol. The maximum Gasteiger partial charge on any atom is 0.245 e. The van der Waals surface area contributed by atoms with Crippen LogP contribution in [-0.2, 0) is 9.59 Å². The van der Waals surface area contributed by atoms with Crippen molar-refractivity contribution in [3.8, 4) is 5.75 Å². The van der Waals surface area contributed by atoms with Gasteiger partial charge in [-0.1, -0.05) is 12.8 Å². The average Bonchev–Trinajstić information content (AvgIpc) is 3.21. The molecular formula is C19H27N3O3. The number of likely N-dealkylation sites (tertiary alicyclic amines) is 1. The number of nitrogens with one attached hydrogen (secondary N) is 2. The molecule has 2 amide bonds. The molecule has 2 aliphatic rings. The lowest BCUT2D eigenvalue weighted by Gasteiger charge is -2.30. The quantitative estimate of drug-likeness (QED) is 0.827. The van der Waals surface area contributed by atoms with E-state index in [2.05, 4.69) is 10.6 Å². The maximum atomic E-state index is 12.9. The Morgan fingerprint density at radius 2 is 1.96 bits per heavy atom. The number of hydrogen-bond donors (Lipinski definition) is 2. The first-order valence-corrected chi connectivity index (χ1v) is 8.97. The Bertz CT molecular complexity index is 623. The normalized spacial score (nSPS) is 22.1. The van der Waals surface area contributed by atoms with Gasteiger partial charge in [-0.15, -0.1) is 0 Å². The standard InChI is InChI=1S/C19H27N3O3/c1-22-13-14(11-17(22)23)12-20-18(24)19(9-3-4-10-19)21-15-5-7-16(25-2)8-6-15/h5-8,14,21H,3-4,9-13H2,1-2H3,(H,20,24)/t14-/m1/s1. The number of benzene rings is 1. The van der Waals surface area contributed by atoms with E-state index in [-0.39, 0.29) is 17.7 Å². The van der Waals surface area contributed by atoms with Crippen molar-refractivity contribution in [1.29, 1.82) is 0 Å². The summed E-state index contributed by atoms with van der Waals surface area (Å²) in [7, 11) is 3.45. The summed E-state index contributed by atoms with van der Waals surface area (Å²) in [4.78, 5) is 26.3. The van der Waals surface area contributed by atoms with Crippen LogP contribution in [0.5, 0.6) is 5.75 Å². The first kappa shape index (κ1) is 17.6. The van der Waals surface area contributed by atoms with Crippen LogP contribution in [0.3, 0.4) is 0 Å². The number of carbonyl (C=O) groups excluding carboxylic acids is 2. The zero-order valence-electron chi connectivity index (χ0n) is 15.0. The van der Waals surface area contributed by atoms with Gasteiger partial charge in [0.05, 0.1) is 7.11 Å². The first-order valence-electron chi connectivity index (χ1n) is 8.97. The molecule has 3 rings (SSSR count). The fraction of sp³-hybridized carbons (Fsp3) is 0.579. The van der Waals surface area contributed by atoms with Crippen molar-refractivity contribution >= 4 is 17.5 Å². The molecule has 1 aliphatic carbocycles. The van der Waals surface area contributed by atoms with Gasteiger partial charge in [-0.25, -0.2) is 0 Å². The summed E-state index contributed by atoms with van der Waals surface area (Å²) in [5, 5.41) is 6.54. The molecule has 6 heteroatoms. The third kappa shape index (κ3) is 3.89. The SMILES string of the molecule is COc1ccc(NC2(C(=O)NC[C@H]3CC(=O)N(C)C3)CCCC2)cc1. The van der Waals surface area contributed by atoms with Crippen LogP contribution in [0.2, 0.25) is 0 Å². The minimum absolute atomic E-state index is 0.0443. The highest BCUT2D eigenvalue weighted by Crippen LogP contribution is 2.34. The Kier molecular flexibility index (Phi) is 5.16. The third-order valence-electron chi connectivity index (χ3n) is 5.34. The van der Waals surface area contributed by atoms with Gasteiger partial charge in [-0.3, -0.25) is 9.59 Å². The van der Waals surface area contributed by atoms with Crippen molar-refractivity contribution in [1.82, 2.24) is 10.2 Å². The molecule has 1 aromatic rings. The minimum atomic E-state index is -0.552. The molecule has 0 aromatic heterocycles. The number of hydrogen-bond acceptors (Lipinski definition) is 4. The maximum absolute atomic E-state index is 12.9. The van der Waals surface area contributed by atoms with E-state index in [0.717, 1.165) is 43.7 Å². The van der Waals surface area contributed by atoms with E-state index in [1.165, 1.54) is 0 Å². The number of amides is 2. The summed E-state index contributed by atoms with van der Waals surface area (Å²) in [5.74, 6) is 1.21. The van der Waals surface area contributed by atoms with E-state index in [1.54, 1.807) is 12.0 Å². The van der Waals surface area contributed by atoms with Crippen LogP contribution in [0.15, 0.2) is 24.3 Å². The lowest BCUT2D eigenvalue weighted by Crippen LogP contribution is -2.51. The lowest BCUT2D eigenvalue weighted by atomic mass is 9.95. The van der Waals surface area contributed by atoms with E-state index in [9.17, 15) is 9.59 Å². The highest BCUT2D eigenvalue weighted by molar-refractivity contribution is 5.90. The van der Waals surface area contributed by atoms with Gasteiger partial charge < -0.3 is 20.3 Å². The molecule has 1 aromatic carbocycles. The monoisotopic (exact) mass is 345 g/mol. The van der Waals surface area contributed by atoms with Crippen molar-refractivity contribution in [2.24, 2.45) is 5.92 Å². The molecule has 136 valence electrons. The summed E-state index contributed by atoms with van der Waals surface area (Å²) in [6, 6.07) is 7.67. The number of anilines is 1. The molecule has 25 heavy (non-hydrogen) atoms. The van der Waals surface area contributed by atoms with E-state index >= 15 is 0 Å². The van der Waals surface area contributed by atoms with Gasteiger partial charge in [0.25, 0.3) is 0 Å². The Morgan fingerprint density at radius 1 is 1.28 bits per heavy atom. The number of ether oxygens (including phenoxy) is 1. The Labute approximate surface area is 148 Å². The number of carbonyl (C=O) groups is 2. The van der Waals surface area contributed by atoms with Crippen LogP contribution in [0.1, 0.15) is 32.1 Å². The van der Waals surface area contributed by atoms with E-state index in [4.69, 9.17) is 4.74 Å². The summed E-state index contributed by atoms with van der Waals surface area (Å²) in [6.45, 7) is 1.28. The zero-order valence-corrected chi connectivity index (χ0v) is 15.0. The molecule has 1 saturated carbocycles. The average molecular weight is 345 g/mol. The van der Waals surface area contributed by atoms with Crippen molar-refractivity contribution in [3.63, 3.8) is 0 Å². The van der Waals surface area contributed by atoms with Gasteiger partial charge in [0.1, 0.15) is 11.3 Å². The second-order valence-corrected chi connectivity index (χ2v) is 7.20. The molecule has 1 atom stereocenters. The van der Waals surface area contributed by atoms with Crippen LogP contribution < -0.4 is 15.4 Å². The number of rotatable bonds is 6. The topological polar surface area (TPSA) is 70.7 Å². The van der Waals surface area contributed by atoms with E-state index in [0.29, 0.717) is 13.0 Å². The van der Waals surface area contributed by atoms with Crippen LogP contribution >= 0.6 is 0 Å². The highest BCUT2D eigenvalue weighted by Gasteiger charge is 2.41. The predicted molar refractivity (Wildman–Crippen MR) is 96.6 cm³/mol. The van der Waals surface area contributed by atoms with Crippen molar-refractivity contribution in [3.05, 3.63) is 24.3 Å². The van der Waals surface area contributed by atoms with Crippen LogP contribution in [0, 0.1) is 5.92 Å².